The van der Waals surface area contributed by atoms with Crippen molar-refractivity contribution in [1.29, 1.82) is 0 Å². The summed E-state index contributed by atoms with van der Waals surface area (Å²) in [5, 5.41) is 3.34. The van der Waals surface area contributed by atoms with Crippen LogP contribution in [0.4, 0.5) is 10.1 Å². The lowest BCUT2D eigenvalue weighted by Crippen LogP contribution is -2.14. The third-order valence-electron chi connectivity index (χ3n) is 4.33. The van der Waals surface area contributed by atoms with Crippen molar-refractivity contribution in [2.45, 2.75) is 27.2 Å². The Hall–Kier alpha value is -2.95. The number of carbonyl (C=O) groups is 2. The molecule has 0 saturated carbocycles. The third kappa shape index (κ3) is 3.05. The molecule has 25 heavy (non-hydrogen) atoms. The zero-order valence-corrected chi connectivity index (χ0v) is 14.4. The van der Waals surface area contributed by atoms with E-state index in [9.17, 15) is 14.0 Å². The molecule has 4 nitrogen and oxygen atoms in total. The van der Waals surface area contributed by atoms with Crippen LogP contribution in [-0.2, 0) is 6.42 Å². The first-order valence-electron chi connectivity index (χ1n) is 8.13. The molecule has 0 radical (unpaired) electrons. The first kappa shape index (κ1) is 16.9. The number of fused-ring (bicyclic) bond motifs is 1. The van der Waals surface area contributed by atoms with Crippen molar-refractivity contribution in [3.05, 3.63) is 65.1 Å². The van der Waals surface area contributed by atoms with Gasteiger partial charge >= 0.3 is 0 Å². The van der Waals surface area contributed by atoms with Crippen LogP contribution in [-0.4, -0.2) is 16.4 Å². The molecule has 128 valence electrons. The molecule has 0 fully saturated rings. The van der Waals surface area contributed by atoms with Crippen LogP contribution in [0.25, 0.3) is 10.9 Å². The van der Waals surface area contributed by atoms with E-state index in [1.807, 2.05) is 32.0 Å². The molecule has 0 atom stereocenters. The maximum absolute atomic E-state index is 13.7. The van der Waals surface area contributed by atoms with Gasteiger partial charge in [0, 0.05) is 24.2 Å². The second-order valence-electron chi connectivity index (χ2n) is 6.01. The van der Waals surface area contributed by atoms with Gasteiger partial charge in [-0.25, -0.2) is 4.39 Å². The normalized spacial score (nSPS) is 10.9. The number of carbonyl (C=O) groups excluding carboxylic acids is 2. The fourth-order valence-electron chi connectivity index (χ4n) is 3.03. The first-order valence-corrected chi connectivity index (χ1v) is 8.13. The number of halogens is 1. The van der Waals surface area contributed by atoms with Crippen molar-refractivity contribution in [3.63, 3.8) is 0 Å². The Morgan fingerprint density at radius 2 is 1.96 bits per heavy atom. The van der Waals surface area contributed by atoms with Crippen molar-refractivity contribution in [1.82, 2.24) is 4.57 Å². The van der Waals surface area contributed by atoms with Gasteiger partial charge < -0.3 is 5.32 Å². The van der Waals surface area contributed by atoms with Crippen molar-refractivity contribution in [3.8, 4) is 0 Å². The second kappa shape index (κ2) is 6.51. The first-order chi connectivity index (χ1) is 11.9. The Morgan fingerprint density at radius 3 is 2.64 bits per heavy atom. The molecule has 0 bridgehead atoms. The molecule has 2 aromatic carbocycles. The highest BCUT2D eigenvalue weighted by atomic mass is 19.1. The lowest BCUT2D eigenvalue weighted by Gasteiger charge is -2.12. The molecule has 5 heteroatoms. The van der Waals surface area contributed by atoms with Crippen LogP contribution < -0.4 is 5.32 Å². The van der Waals surface area contributed by atoms with Gasteiger partial charge in [-0.1, -0.05) is 25.1 Å². The average molecular weight is 338 g/mol. The summed E-state index contributed by atoms with van der Waals surface area (Å²) >= 11 is 0. The number of rotatable bonds is 3. The minimum absolute atomic E-state index is 0.235. The molecule has 1 N–H and O–H groups in total. The van der Waals surface area contributed by atoms with Crippen LogP contribution >= 0.6 is 0 Å². The number of aromatic nitrogens is 1. The number of amides is 1. The zero-order valence-electron chi connectivity index (χ0n) is 14.4. The van der Waals surface area contributed by atoms with Gasteiger partial charge in [0.15, 0.2) is 0 Å². The van der Waals surface area contributed by atoms with Crippen LogP contribution in [0.3, 0.4) is 0 Å². The van der Waals surface area contributed by atoms with Crippen molar-refractivity contribution in [2.75, 3.05) is 5.32 Å². The highest BCUT2D eigenvalue weighted by molar-refractivity contribution is 6.14. The van der Waals surface area contributed by atoms with Gasteiger partial charge in [0.2, 0.25) is 5.91 Å². The number of benzene rings is 2. The van der Waals surface area contributed by atoms with Crippen molar-refractivity contribution in [2.24, 2.45) is 0 Å². The molecular weight excluding hydrogens is 319 g/mol. The van der Waals surface area contributed by atoms with Crippen molar-refractivity contribution < 1.29 is 14.0 Å². The molecular formula is C20H19FN2O2. The van der Waals surface area contributed by atoms with Gasteiger partial charge in [0.05, 0.1) is 11.1 Å². The summed E-state index contributed by atoms with van der Waals surface area (Å²) in [4.78, 5) is 24.7. The number of aryl methyl sites for hydroxylation is 2. The molecule has 0 aliphatic rings. The standard InChI is InChI=1S/C20H19FN2O2/c1-4-14-7-5-6-12(2)19(14)22-20(25)17-11-23(13(3)24)18-9-8-15(21)10-16(17)18/h5-11H,4H2,1-3H3,(H,22,25). The van der Waals surface area contributed by atoms with Crippen molar-refractivity contribution >= 4 is 28.4 Å². The van der Waals surface area contributed by atoms with E-state index in [2.05, 4.69) is 5.32 Å². The SMILES string of the molecule is CCc1cccc(C)c1NC(=O)c1cn(C(C)=O)c2ccc(F)cc12. The van der Waals surface area contributed by atoms with E-state index >= 15 is 0 Å². The number of anilines is 1. The Kier molecular flexibility index (Phi) is 4.40. The highest BCUT2D eigenvalue weighted by Crippen LogP contribution is 2.26. The van der Waals surface area contributed by atoms with E-state index in [1.165, 1.54) is 35.9 Å². The largest absolute Gasteiger partial charge is 0.321 e. The maximum atomic E-state index is 13.7. The van der Waals surface area contributed by atoms with E-state index in [0.717, 1.165) is 23.2 Å². The molecule has 0 spiro atoms. The lowest BCUT2D eigenvalue weighted by atomic mass is 10.1. The number of para-hydroxylation sites is 1. The van der Waals surface area contributed by atoms with E-state index in [4.69, 9.17) is 0 Å². The Morgan fingerprint density at radius 1 is 1.20 bits per heavy atom. The Balaban J connectivity index is 2.09. The van der Waals surface area contributed by atoms with Crippen LogP contribution in [0.15, 0.2) is 42.6 Å². The molecule has 1 aromatic heterocycles. The molecule has 0 unspecified atom stereocenters. The Bertz CT molecular complexity index is 989. The molecule has 3 aromatic rings. The van der Waals surface area contributed by atoms with E-state index < -0.39 is 5.82 Å². The summed E-state index contributed by atoms with van der Waals surface area (Å²) in [6.07, 6.45) is 2.24. The number of nitrogens with zero attached hydrogens (tertiary/aromatic N) is 1. The molecule has 1 amide bonds. The maximum Gasteiger partial charge on any atom is 0.257 e. The summed E-state index contributed by atoms with van der Waals surface area (Å²) in [6, 6.07) is 9.89. The smallest absolute Gasteiger partial charge is 0.257 e. The van der Waals surface area contributed by atoms with Gasteiger partial charge in [0.25, 0.3) is 5.91 Å². The van der Waals surface area contributed by atoms with Gasteiger partial charge in [0.1, 0.15) is 5.82 Å². The molecule has 3 rings (SSSR count). The van der Waals surface area contributed by atoms with E-state index in [-0.39, 0.29) is 17.4 Å². The van der Waals surface area contributed by atoms with Gasteiger partial charge in [-0.15, -0.1) is 0 Å². The number of nitrogens with one attached hydrogen (secondary N) is 1. The fraction of sp³-hybridized carbons (Fsp3) is 0.200. The van der Waals surface area contributed by atoms with Crippen LogP contribution in [0.2, 0.25) is 0 Å². The summed E-state index contributed by atoms with van der Waals surface area (Å²) in [6.45, 7) is 5.34. The minimum Gasteiger partial charge on any atom is -0.321 e. The van der Waals surface area contributed by atoms with Gasteiger partial charge in [-0.2, -0.15) is 0 Å². The lowest BCUT2D eigenvalue weighted by molar-refractivity contribution is 0.0941. The summed E-state index contributed by atoms with van der Waals surface area (Å²) < 4.78 is 15.0. The van der Waals surface area contributed by atoms with Crippen LogP contribution in [0.5, 0.6) is 0 Å². The monoisotopic (exact) mass is 338 g/mol. The molecule has 1 heterocycles. The topological polar surface area (TPSA) is 51.1 Å². The minimum atomic E-state index is -0.451. The summed E-state index contributed by atoms with van der Waals surface area (Å²) in [5.41, 5.74) is 3.52. The quantitative estimate of drug-likeness (QED) is 0.761. The Labute approximate surface area is 145 Å². The van der Waals surface area contributed by atoms with Gasteiger partial charge in [-0.3, -0.25) is 14.2 Å². The van der Waals surface area contributed by atoms with E-state index in [0.29, 0.717) is 10.9 Å². The third-order valence-corrected chi connectivity index (χ3v) is 4.33. The molecule has 0 aliphatic carbocycles. The van der Waals surface area contributed by atoms with Crippen LogP contribution in [0, 0.1) is 12.7 Å². The molecule has 0 saturated heterocycles. The number of hydrogen-bond donors (Lipinski definition) is 1. The predicted octanol–water partition coefficient (Wildman–Crippen LogP) is 4.56. The summed E-state index contributed by atoms with van der Waals surface area (Å²) in [7, 11) is 0. The van der Waals surface area contributed by atoms with E-state index in [1.54, 1.807) is 0 Å². The predicted molar refractivity (Wildman–Crippen MR) is 96.7 cm³/mol. The van der Waals surface area contributed by atoms with Gasteiger partial charge in [-0.05, 0) is 42.7 Å². The highest BCUT2D eigenvalue weighted by Gasteiger charge is 2.19. The fourth-order valence-corrected chi connectivity index (χ4v) is 3.03. The number of hydrogen-bond acceptors (Lipinski definition) is 2. The summed E-state index contributed by atoms with van der Waals surface area (Å²) in [5.74, 6) is -1.05. The second-order valence-corrected chi connectivity index (χ2v) is 6.01. The average Bonchev–Trinajstić information content (AvgIpc) is 2.95. The zero-order chi connectivity index (χ0) is 18.1. The van der Waals surface area contributed by atoms with Crippen LogP contribution in [0.1, 0.15) is 40.1 Å². The molecule has 0 aliphatic heterocycles.